The second kappa shape index (κ2) is 19.9. The zero-order valence-electron chi connectivity index (χ0n) is 38.9. The molecule has 0 saturated carbocycles. The molecule has 2 unspecified atom stereocenters. The number of aromatic amines is 1. The van der Waals surface area contributed by atoms with Gasteiger partial charge in [-0.15, -0.1) is 22.7 Å². The summed E-state index contributed by atoms with van der Waals surface area (Å²) in [4.78, 5) is 14.1. The van der Waals surface area contributed by atoms with E-state index in [1.165, 1.54) is 22.7 Å². The molecule has 4 heterocycles. The Hall–Kier alpha value is -7.70. The third kappa shape index (κ3) is 8.84. The first-order valence-corrected chi connectivity index (χ1v) is 25.1. The van der Waals surface area contributed by atoms with Gasteiger partial charge in [-0.05, 0) is 95.8 Å². The molecule has 10 aromatic rings. The number of thiazole rings is 2. The first-order chi connectivity index (χ1) is 33.9. The third-order valence-corrected chi connectivity index (χ3v) is 15.0. The number of para-hydroxylation sites is 2. The van der Waals surface area contributed by atoms with E-state index in [2.05, 4.69) is 122 Å². The summed E-state index contributed by atoms with van der Waals surface area (Å²) in [6, 6.07) is 58.6. The van der Waals surface area contributed by atoms with Crippen LogP contribution in [0.15, 0.2) is 158 Å². The van der Waals surface area contributed by atoms with E-state index in [4.69, 9.17) is 19.4 Å². The topological polar surface area (TPSA) is 113 Å². The van der Waals surface area contributed by atoms with Gasteiger partial charge < -0.3 is 18.9 Å². The molecule has 8 nitrogen and oxygen atoms in total. The first-order valence-electron chi connectivity index (χ1n) is 23.5. The molecule has 1 N–H and O–H groups in total. The van der Waals surface area contributed by atoms with Gasteiger partial charge in [-0.25, -0.2) is 9.97 Å². The van der Waals surface area contributed by atoms with Crippen molar-refractivity contribution in [1.82, 2.24) is 19.4 Å². The molecule has 10 rings (SSSR count). The van der Waals surface area contributed by atoms with E-state index in [-0.39, 0.29) is 0 Å². The van der Waals surface area contributed by atoms with Crippen molar-refractivity contribution in [3.63, 3.8) is 0 Å². The highest BCUT2D eigenvalue weighted by Gasteiger charge is 2.33. The van der Waals surface area contributed by atoms with E-state index >= 15 is 0 Å². The van der Waals surface area contributed by atoms with Gasteiger partial charge in [-0.3, -0.25) is 0 Å². The van der Waals surface area contributed by atoms with Gasteiger partial charge in [0, 0.05) is 16.5 Å². The van der Waals surface area contributed by atoms with Crippen LogP contribution >= 0.6 is 22.7 Å². The second-order valence-corrected chi connectivity index (χ2v) is 19.6. The number of hydrogen-bond acceptors (Lipinski definition) is 8. The van der Waals surface area contributed by atoms with E-state index < -0.39 is 6.85 Å². The van der Waals surface area contributed by atoms with Gasteiger partial charge in [0.25, 0.3) is 0 Å². The lowest BCUT2D eigenvalue weighted by molar-refractivity contribution is 0.256. The lowest BCUT2D eigenvalue weighted by atomic mass is 9.50. The van der Waals surface area contributed by atoms with Gasteiger partial charge >= 0.3 is 6.85 Å². The van der Waals surface area contributed by atoms with Gasteiger partial charge in [-0.1, -0.05) is 136 Å². The highest BCUT2D eigenvalue weighted by molar-refractivity contribution is 7.20. The molecule has 0 aliphatic heterocycles. The van der Waals surface area contributed by atoms with Crippen molar-refractivity contribution in [3.05, 3.63) is 178 Å². The Morgan fingerprint density at radius 1 is 0.594 bits per heavy atom. The van der Waals surface area contributed by atoms with Crippen molar-refractivity contribution in [2.75, 3.05) is 13.2 Å². The van der Waals surface area contributed by atoms with Crippen molar-refractivity contribution >= 4 is 82.8 Å². The van der Waals surface area contributed by atoms with E-state index in [1.807, 2.05) is 84.9 Å². The molecule has 0 spiro atoms. The fraction of sp³-hybridized carbons (Fsp3) is 0.172. The molecule has 0 radical (unpaired) electrons. The molecule has 6 aromatic carbocycles. The van der Waals surface area contributed by atoms with E-state index in [9.17, 15) is 10.5 Å². The maximum atomic E-state index is 11.8. The number of rotatable bonds is 15. The number of nitrogens with one attached hydrogen (secondary N) is 1. The largest absolute Gasteiger partial charge is 0.493 e. The van der Waals surface area contributed by atoms with Crippen LogP contribution < -0.4 is 31.1 Å². The number of nitriles is 2. The minimum absolute atomic E-state index is 0.396. The van der Waals surface area contributed by atoms with Crippen molar-refractivity contribution in [2.24, 2.45) is 11.8 Å². The summed E-state index contributed by atoms with van der Waals surface area (Å²) in [5, 5.41) is 27.3. The molecule has 0 amide bonds. The zero-order valence-corrected chi connectivity index (χ0v) is 40.6. The van der Waals surface area contributed by atoms with Crippen LogP contribution in [0, 0.1) is 34.5 Å². The zero-order chi connectivity index (χ0) is 47.4. The van der Waals surface area contributed by atoms with Gasteiger partial charge in [0.05, 0.1) is 50.0 Å². The summed E-state index contributed by atoms with van der Waals surface area (Å²) >= 11 is 2.99. The quantitative estimate of drug-likeness (QED) is 0.102. The Kier molecular flexibility index (Phi) is 13.0. The standard InChI is InChI=1S/C58H49BN6O2S2/c1-5-37(3)35-66-43-29-25-39(26-30-43)53-51-52(54(64-53)45(33-60)57-62-47-21-13-15-23-49(47)68-57)55(40-27-31-44(32-28-40)67-36-38(4)6-2)65(59(41-17-9-7-10-18-41)42-19-11-8-12-20-42)56(51)46(34-61)58-63-48-22-14-16-24-50(48)69-58/h7-32,37-38,64H,5-6,35-36H2,1-4H3/b54-45-,56-46-. The monoisotopic (exact) mass is 936 g/mol. The number of aromatic nitrogens is 4. The van der Waals surface area contributed by atoms with E-state index in [0.29, 0.717) is 56.9 Å². The minimum Gasteiger partial charge on any atom is -0.493 e. The molecular formula is C58H49BN6O2S2. The predicted molar refractivity (Wildman–Crippen MR) is 285 cm³/mol. The summed E-state index contributed by atoms with van der Waals surface area (Å²) in [6.45, 7) is 9.47. The van der Waals surface area contributed by atoms with E-state index in [0.717, 1.165) is 89.0 Å². The van der Waals surface area contributed by atoms with E-state index in [1.54, 1.807) is 0 Å². The normalized spacial score (nSPS) is 13.2. The first kappa shape index (κ1) is 45.1. The predicted octanol–water partition coefficient (Wildman–Crippen LogP) is 11.5. The molecule has 338 valence electrons. The average molecular weight is 937 g/mol. The molecule has 0 bridgehead atoms. The Morgan fingerprint density at radius 2 is 1.06 bits per heavy atom. The third-order valence-electron chi connectivity index (χ3n) is 12.9. The summed E-state index contributed by atoms with van der Waals surface area (Å²) in [5.74, 6) is 2.33. The van der Waals surface area contributed by atoms with Crippen LogP contribution in [-0.2, 0) is 0 Å². The summed E-state index contributed by atoms with van der Waals surface area (Å²) in [6.07, 6.45) is 2.03. The highest BCUT2D eigenvalue weighted by atomic mass is 32.1. The number of ether oxygens (including phenoxy) is 2. The van der Waals surface area contributed by atoms with Crippen molar-refractivity contribution in [3.8, 4) is 46.2 Å². The van der Waals surface area contributed by atoms with Crippen LogP contribution in [0.5, 0.6) is 11.5 Å². The minimum atomic E-state index is -0.450. The molecule has 4 aromatic heterocycles. The Balaban J connectivity index is 1.42. The number of nitrogens with zero attached hydrogens (tertiary/aromatic N) is 5. The molecule has 0 fully saturated rings. The maximum absolute atomic E-state index is 11.8. The number of benzene rings is 6. The fourth-order valence-corrected chi connectivity index (χ4v) is 10.7. The summed E-state index contributed by atoms with van der Waals surface area (Å²) in [5.41, 5.74) is 7.79. The number of fused-ring (bicyclic) bond motifs is 3. The van der Waals surface area contributed by atoms with Gasteiger partial charge in [0.15, 0.2) is 0 Å². The molecule has 0 saturated heterocycles. The van der Waals surface area contributed by atoms with Crippen LogP contribution in [0.4, 0.5) is 0 Å². The molecule has 2 atom stereocenters. The van der Waals surface area contributed by atoms with Gasteiger partial charge in [-0.2, -0.15) is 10.5 Å². The van der Waals surface area contributed by atoms with Crippen molar-refractivity contribution < 1.29 is 9.47 Å². The fourth-order valence-electron chi connectivity index (χ4n) is 8.79. The Labute approximate surface area is 410 Å². The highest BCUT2D eigenvalue weighted by Crippen LogP contribution is 2.37. The van der Waals surface area contributed by atoms with Crippen LogP contribution in [0.1, 0.15) is 50.6 Å². The van der Waals surface area contributed by atoms with Gasteiger partial charge in [0.1, 0.15) is 44.8 Å². The molecule has 0 aliphatic carbocycles. The van der Waals surface area contributed by atoms with Crippen molar-refractivity contribution in [2.45, 2.75) is 40.5 Å². The SMILES string of the molecule is CCC(C)COc1ccc(-c2[nH]/c(=C(/C#N)c3nc4ccccc4s3)c3c(-c4ccc(OCC(C)CC)cc4)n(B(c4ccccc4)c4ccccc4)/c(=C(/C#N)c4nc5ccccc5s4)c23)cc1. The van der Waals surface area contributed by atoms with Crippen LogP contribution in [0.3, 0.4) is 0 Å². The summed E-state index contributed by atoms with van der Waals surface area (Å²) in [7, 11) is 0. The molecule has 69 heavy (non-hydrogen) atoms. The van der Waals surface area contributed by atoms with Crippen LogP contribution in [-0.4, -0.2) is 39.5 Å². The second-order valence-electron chi connectivity index (χ2n) is 17.6. The molecular weight excluding hydrogens is 888 g/mol. The molecule has 0 aliphatic rings. The maximum Gasteiger partial charge on any atom is 0.328 e. The number of hydrogen-bond donors (Lipinski definition) is 1. The van der Waals surface area contributed by atoms with Crippen LogP contribution in [0.2, 0.25) is 0 Å². The van der Waals surface area contributed by atoms with Gasteiger partial charge in [0.2, 0.25) is 0 Å². The lowest BCUT2D eigenvalue weighted by Crippen LogP contribution is -2.53. The average Bonchev–Trinajstić information content (AvgIpc) is 4.19. The smallest absolute Gasteiger partial charge is 0.328 e. The molecule has 11 heteroatoms. The van der Waals surface area contributed by atoms with Crippen LogP contribution in [0.25, 0.3) is 64.9 Å². The number of H-pyrrole nitrogens is 1. The Morgan fingerprint density at radius 3 is 1.54 bits per heavy atom. The summed E-state index contributed by atoms with van der Waals surface area (Å²) < 4.78 is 16.9. The lowest BCUT2D eigenvalue weighted by Gasteiger charge is -2.22. The van der Waals surface area contributed by atoms with Crippen molar-refractivity contribution in [1.29, 1.82) is 10.5 Å². The Bertz CT molecular complexity index is 3550.